The number of rotatable bonds is 1. The van der Waals surface area contributed by atoms with E-state index in [1.165, 1.54) is 6.07 Å². The van der Waals surface area contributed by atoms with Crippen LogP contribution in [0.15, 0.2) is 30.5 Å². The lowest BCUT2D eigenvalue weighted by Gasteiger charge is -2.32. The number of hydrogen-bond acceptors (Lipinski definition) is 2. The van der Waals surface area contributed by atoms with Gasteiger partial charge in [0, 0.05) is 23.6 Å². The summed E-state index contributed by atoms with van der Waals surface area (Å²) in [5.74, 6) is 1.14. The smallest absolute Gasteiger partial charge is 0.128 e. The Morgan fingerprint density at radius 3 is 2.94 bits per heavy atom. The molecule has 0 bridgehead atoms. The topological polar surface area (TPSA) is 29.9 Å². The third-order valence-corrected chi connectivity index (χ3v) is 3.60. The first kappa shape index (κ1) is 11.3. The maximum Gasteiger partial charge on any atom is 0.128 e. The summed E-state index contributed by atoms with van der Waals surface area (Å²) in [6.45, 7) is 4.97. The van der Waals surface area contributed by atoms with E-state index in [0.717, 1.165) is 23.5 Å². The normalized spacial score (nSPS) is 22.4. The molecule has 94 valence electrons. The number of nitrogens with zero attached hydrogens (tertiary/aromatic N) is 2. The zero-order chi connectivity index (χ0) is 12.7. The molecule has 2 unspecified atom stereocenters. The molecule has 1 N–H and O–H groups in total. The van der Waals surface area contributed by atoms with Crippen molar-refractivity contribution in [3.8, 4) is 0 Å². The molecule has 3 rings (SSSR count). The summed E-state index contributed by atoms with van der Waals surface area (Å²) in [7, 11) is 0. The molecule has 0 saturated carbocycles. The van der Waals surface area contributed by atoms with E-state index in [0.29, 0.717) is 5.92 Å². The molecule has 2 aromatic rings. The lowest BCUT2D eigenvalue weighted by molar-refractivity contribution is 0.361. The van der Waals surface area contributed by atoms with E-state index < -0.39 is 0 Å². The molecule has 0 radical (unpaired) electrons. The van der Waals surface area contributed by atoms with E-state index in [9.17, 15) is 4.39 Å². The Hall–Kier alpha value is -1.84. The third kappa shape index (κ3) is 1.60. The number of hydrogen-bond donors (Lipinski definition) is 1. The molecule has 2 heterocycles. The first-order valence-electron chi connectivity index (χ1n) is 6.21. The van der Waals surface area contributed by atoms with Gasteiger partial charge in [0.1, 0.15) is 11.6 Å². The zero-order valence-corrected chi connectivity index (χ0v) is 10.5. The summed E-state index contributed by atoms with van der Waals surface area (Å²) in [6, 6.07) is 6.93. The third-order valence-electron chi connectivity index (χ3n) is 3.60. The number of nitrogens with one attached hydrogen (secondary N) is 1. The first-order chi connectivity index (χ1) is 8.68. The minimum absolute atomic E-state index is 0.0313. The maximum absolute atomic E-state index is 14.0. The Morgan fingerprint density at radius 2 is 2.17 bits per heavy atom. The van der Waals surface area contributed by atoms with Gasteiger partial charge in [0.25, 0.3) is 0 Å². The number of fused-ring (bicyclic) bond motifs is 1. The molecule has 18 heavy (non-hydrogen) atoms. The van der Waals surface area contributed by atoms with Gasteiger partial charge in [-0.1, -0.05) is 25.1 Å². The van der Waals surface area contributed by atoms with Crippen LogP contribution in [0.25, 0.3) is 0 Å². The maximum atomic E-state index is 14.0. The van der Waals surface area contributed by atoms with Crippen molar-refractivity contribution in [2.75, 3.05) is 11.9 Å². The SMILES string of the molecule is Cc1cnn2c1NCC(C)C2c1ccccc1F. The fourth-order valence-corrected chi connectivity index (χ4v) is 2.64. The molecule has 2 atom stereocenters. The van der Waals surface area contributed by atoms with Gasteiger partial charge in [0.15, 0.2) is 0 Å². The van der Waals surface area contributed by atoms with Crippen molar-refractivity contribution in [1.82, 2.24) is 9.78 Å². The van der Waals surface area contributed by atoms with Gasteiger partial charge in [-0.2, -0.15) is 5.10 Å². The minimum Gasteiger partial charge on any atom is -0.370 e. The number of aromatic nitrogens is 2. The largest absolute Gasteiger partial charge is 0.370 e. The van der Waals surface area contributed by atoms with Gasteiger partial charge in [-0.05, 0) is 13.0 Å². The van der Waals surface area contributed by atoms with Crippen LogP contribution in [0.3, 0.4) is 0 Å². The standard InChI is InChI=1S/C14H16FN3/c1-9-7-16-14-10(2)8-17-18(14)13(9)11-5-3-4-6-12(11)15/h3-6,8-9,13,16H,7H2,1-2H3. The van der Waals surface area contributed by atoms with Crippen molar-refractivity contribution in [3.63, 3.8) is 0 Å². The van der Waals surface area contributed by atoms with Gasteiger partial charge >= 0.3 is 0 Å². The minimum atomic E-state index is -0.157. The Balaban J connectivity index is 2.14. The molecule has 1 aliphatic heterocycles. The van der Waals surface area contributed by atoms with Crippen molar-refractivity contribution < 1.29 is 4.39 Å². The Kier molecular flexibility index (Phi) is 2.58. The fourth-order valence-electron chi connectivity index (χ4n) is 2.64. The van der Waals surface area contributed by atoms with E-state index in [1.54, 1.807) is 6.07 Å². The molecule has 0 spiro atoms. The molecule has 1 aromatic heterocycles. The van der Waals surface area contributed by atoms with Gasteiger partial charge < -0.3 is 5.32 Å². The monoisotopic (exact) mass is 245 g/mol. The van der Waals surface area contributed by atoms with Gasteiger partial charge in [-0.15, -0.1) is 0 Å². The van der Waals surface area contributed by atoms with Crippen molar-refractivity contribution in [3.05, 3.63) is 47.4 Å². The summed E-state index contributed by atoms with van der Waals surface area (Å²) in [4.78, 5) is 0. The molecular weight excluding hydrogens is 229 g/mol. The van der Waals surface area contributed by atoms with Crippen molar-refractivity contribution in [2.45, 2.75) is 19.9 Å². The predicted octanol–water partition coefficient (Wildman–Crippen LogP) is 2.98. The van der Waals surface area contributed by atoms with Crippen molar-refractivity contribution in [1.29, 1.82) is 0 Å². The molecule has 1 aliphatic rings. The second kappa shape index (κ2) is 4.12. The first-order valence-corrected chi connectivity index (χ1v) is 6.21. The second-order valence-corrected chi connectivity index (χ2v) is 4.95. The molecule has 0 aliphatic carbocycles. The summed E-state index contributed by atoms with van der Waals surface area (Å²) in [5.41, 5.74) is 1.82. The Bertz CT molecular complexity index is 576. The number of anilines is 1. The van der Waals surface area contributed by atoms with Crippen LogP contribution < -0.4 is 5.32 Å². The van der Waals surface area contributed by atoms with Crippen LogP contribution in [-0.2, 0) is 0 Å². The average Bonchev–Trinajstić information content (AvgIpc) is 2.73. The molecular formula is C14H16FN3. The Morgan fingerprint density at radius 1 is 1.39 bits per heavy atom. The fraction of sp³-hybridized carbons (Fsp3) is 0.357. The van der Waals surface area contributed by atoms with Crippen molar-refractivity contribution in [2.24, 2.45) is 5.92 Å². The van der Waals surface area contributed by atoms with E-state index in [2.05, 4.69) is 17.3 Å². The second-order valence-electron chi connectivity index (χ2n) is 4.95. The molecule has 3 nitrogen and oxygen atoms in total. The Labute approximate surface area is 106 Å². The van der Waals surface area contributed by atoms with Crippen LogP contribution in [-0.4, -0.2) is 16.3 Å². The lowest BCUT2D eigenvalue weighted by atomic mass is 9.92. The van der Waals surface area contributed by atoms with E-state index in [-0.39, 0.29) is 11.9 Å². The van der Waals surface area contributed by atoms with Gasteiger partial charge in [-0.25, -0.2) is 9.07 Å². The quantitative estimate of drug-likeness (QED) is 0.837. The summed E-state index contributed by atoms with van der Waals surface area (Å²) < 4.78 is 15.9. The van der Waals surface area contributed by atoms with Gasteiger partial charge in [0.2, 0.25) is 0 Å². The van der Waals surface area contributed by atoms with Crippen LogP contribution in [0.1, 0.15) is 24.1 Å². The van der Waals surface area contributed by atoms with Crippen LogP contribution in [0, 0.1) is 18.7 Å². The molecule has 1 aromatic carbocycles. The van der Waals surface area contributed by atoms with Crippen LogP contribution in [0.5, 0.6) is 0 Å². The van der Waals surface area contributed by atoms with Crippen LogP contribution in [0.4, 0.5) is 10.2 Å². The van der Waals surface area contributed by atoms with Crippen molar-refractivity contribution >= 4 is 5.82 Å². The summed E-state index contributed by atoms with van der Waals surface area (Å²) >= 11 is 0. The van der Waals surface area contributed by atoms with Crippen LogP contribution in [0.2, 0.25) is 0 Å². The molecule has 0 fully saturated rings. The number of aryl methyl sites for hydroxylation is 1. The highest BCUT2D eigenvalue weighted by Gasteiger charge is 2.30. The molecule has 0 saturated heterocycles. The zero-order valence-electron chi connectivity index (χ0n) is 10.5. The highest BCUT2D eigenvalue weighted by atomic mass is 19.1. The van der Waals surface area contributed by atoms with E-state index in [1.807, 2.05) is 29.9 Å². The number of benzene rings is 1. The van der Waals surface area contributed by atoms with Gasteiger partial charge in [0.05, 0.1) is 12.2 Å². The lowest BCUT2D eigenvalue weighted by Crippen LogP contribution is -2.32. The predicted molar refractivity (Wildman–Crippen MR) is 69.2 cm³/mol. The highest BCUT2D eigenvalue weighted by Crippen LogP contribution is 2.35. The summed E-state index contributed by atoms with van der Waals surface area (Å²) in [5, 5.41) is 7.75. The summed E-state index contributed by atoms with van der Waals surface area (Å²) in [6.07, 6.45) is 1.83. The van der Waals surface area contributed by atoms with Crippen LogP contribution >= 0.6 is 0 Å². The molecule has 4 heteroatoms. The average molecular weight is 245 g/mol. The number of halogens is 1. The highest BCUT2D eigenvalue weighted by molar-refractivity contribution is 5.46. The van der Waals surface area contributed by atoms with E-state index in [4.69, 9.17) is 0 Å². The van der Waals surface area contributed by atoms with Gasteiger partial charge in [-0.3, -0.25) is 0 Å². The molecule has 0 amide bonds. The van der Waals surface area contributed by atoms with E-state index >= 15 is 0 Å².